The van der Waals surface area contributed by atoms with Crippen molar-refractivity contribution in [2.24, 2.45) is 0 Å². The molecule has 1 amide bonds. The molecule has 2 rings (SSSR count). The summed E-state index contributed by atoms with van der Waals surface area (Å²) in [6.07, 6.45) is 4.33. The van der Waals surface area contributed by atoms with E-state index in [1.165, 1.54) is 12.4 Å². The fraction of sp³-hybridized carbons (Fsp3) is 0.0909. The van der Waals surface area contributed by atoms with Crippen LogP contribution in [0.3, 0.4) is 0 Å². The monoisotopic (exact) mass is 307 g/mol. The topological polar surface area (TPSA) is 93.8 Å². The predicted molar refractivity (Wildman–Crippen MR) is 71.1 cm³/mol. The van der Waals surface area contributed by atoms with Crippen LogP contribution in [0.15, 0.2) is 29.1 Å². The maximum absolute atomic E-state index is 11.9. The molecule has 0 aliphatic carbocycles. The SMILES string of the molecule is Cc1cc(Br)cnc1NC(=O)c1cncc(N)n1. The lowest BCUT2D eigenvalue weighted by atomic mass is 10.3. The van der Waals surface area contributed by atoms with Crippen molar-refractivity contribution in [2.45, 2.75) is 6.92 Å². The molecule has 0 unspecified atom stereocenters. The lowest BCUT2D eigenvalue weighted by Gasteiger charge is -2.07. The number of carbonyl (C=O) groups excluding carboxylic acids is 1. The highest BCUT2D eigenvalue weighted by Gasteiger charge is 2.10. The average molecular weight is 308 g/mol. The summed E-state index contributed by atoms with van der Waals surface area (Å²) < 4.78 is 0.849. The first-order valence-electron chi connectivity index (χ1n) is 5.07. The summed E-state index contributed by atoms with van der Waals surface area (Å²) in [6, 6.07) is 1.85. The van der Waals surface area contributed by atoms with Gasteiger partial charge in [0.2, 0.25) is 0 Å². The average Bonchev–Trinajstić information content (AvgIpc) is 2.32. The van der Waals surface area contributed by atoms with E-state index in [-0.39, 0.29) is 11.5 Å². The summed E-state index contributed by atoms with van der Waals surface area (Å²) in [5, 5.41) is 2.65. The Morgan fingerprint density at radius 2 is 2.17 bits per heavy atom. The third-order valence-corrected chi connectivity index (χ3v) is 2.60. The molecule has 7 heteroatoms. The first-order chi connectivity index (χ1) is 8.56. The van der Waals surface area contributed by atoms with E-state index in [0.717, 1.165) is 10.0 Å². The molecule has 92 valence electrons. The Labute approximate surface area is 112 Å². The summed E-state index contributed by atoms with van der Waals surface area (Å²) in [6.45, 7) is 1.85. The number of anilines is 2. The van der Waals surface area contributed by atoms with E-state index in [9.17, 15) is 4.79 Å². The van der Waals surface area contributed by atoms with Crippen LogP contribution in [-0.4, -0.2) is 20.9 Å². The largest absolute Gasteiger partial charge is 0.382 e. The van der Waals surface area contributed by atoms with Gasteiger partial charge in [0.25, 0.3) is 5.91 Å². The fourth-order valence-electron chi connectivity index (χ4n) is 1.33. The summed E-state index contributed by atoms with van der Waals surface area (Å²) in [7, 11) is 0. The first-order valence-corrected chi connectivity index (χ1v) is 5.86. The zero-order chi connectivity index (χ0) is 13.1. The molecule has 18 heavy (non-hydrogen) atoms. The van der Waals surface area contributed by atoms with E-state index in [4.69, 9.17) is 5.73 Å². The highest BCUT2D eigenvalue weighted by atomic mass is 79.9. The van der Waals surface area contributed by atoms with Gasteiger partial charge < -0.3 is 11.1 Å². The van der Waals surface area contributed by atoms with E-state index in [1.807, 2.05) is 13.0 Å². The van der Waals surface area contributed by atoms with Crippen LogP contribution >= 0.6 is 15.9 Å². The van der Waals surface area contributed by atoms with E-state index < -0.39 is 5.91 Å². The Kier molecular flexibility index (Phi) is 3.52. The van der Waals surface area contributed by atoms with Gasteiger partial charge in [-0.3, -0.25) is 9.78 Å². The van der Waals surface area contributed by atoms with Gasteiger partial charge >= 0.3 is 0 Å². The molecule has 0 aliphatic rings. The van der Waals surface area contributed by atoms with Crippen molar-refractivity contribution in [2.75, 3.05) is 11.1 Å². The Bertz CT molecular complexity index is 602. The normalized spacial score (nSPS) is 10.1. The Morgan fingerprint density at radius 1 is 1.39 bits per heavy atom. The van der Waals surface area contributed by atoms with Gasteiger partial charge in [-0.05, 0) is 34.5 Å². The lowest BCUT2D eigenvalue weighted by Crippen LogP contribution is -2.16. The molecule has 3 N–H and O–H groups in total. The Balaban J connectivity index is 2.21. The molecule has 0 aromatic carbocycles. The van der Waals surface area contributed by atoms with Gasteiger partial charge in [0.05, 0.1) is 12.4 Å². The van der Waals surface area contributed by atoms with Crippen LogP contribution in [0.2, 0.25) is 0 Å². The van der Waals surface area contributed by atoms with Crippen LogP contribution < -0.4 is 11.1 Å². The van der Waals surface area contributed by atoms with Crippen LogP contribution in [0.25, 0.3) is 0 Å². The maximum Gasteiger partial charge on any atom is 0.277 e. The molecular weight excluding hydrogens is 298 g/mol. The zero-order valence-corrected chi connectivity index (χ0v) is 11.1. The summed E-state index contributed by atoms with van der Waals surface area (Å²) in [5.41, 5.74) is 6.46. The van der Waals surface area contributed by atoms with Gasteiger partial charge in [-0.15, -0.1) is 0 Å². The number of aromatic nitrogens is 3. The van der Waals surface area contributed by atoms with Gasteiger partial charge in [-0.2, -0.15) is 0 Å². The lowest BCUT2D eigenvalue weighted by molar-refractivity contribution is 0.102. The smallest absolute Gasteiger partial charge is 0.277 e. The van der Waals surface area contributed by atoms with Crippen molar-refractivity contribution in [3.63, 3.8) is 0 Å². The van der Waals surface area contributed by atoms with Crippen molar-refractivity contribution in [3.8, 4) is 0 Å². The van der Waals surface area contributed by atoms with E-state index in [2.05, 4.69) is 36.2 Å². The van der Waals surface area contributed by atoms with Gasteiger partial charge in [0, 0.05) is 10.7 Å². The molecule has 2 heterocycles. The molecule has 0 aliphatic heterocycles. The molecule has 0 spiro atoms. The molecule has 2 aromatic heterocycles. The minimum Gasteiger partial charge on any atom is -0.382 e. The molecular formula is C11H10BrN5O. The number of amides is 1. The number of hydrogen-bond donors (Lipinski definition) is 2. The predicted octanol–water partition coefficient (Wildman–Crippen LogP) is 1.78. The van der Waals surface area contributed by atoms with Crippen molar-refractivity contribution in [3.05, 3.63) is 40.4 Å². The third-order valence-electron chi connectivity index (χ3n) is 2.16. The summed E-state index contributed by atoms with van der Waals surface area (Å²) >= 11 is 3.30. The van der Waals surface area contributed by atoms with Gasteiger partial charge in [0.15, 0.2) is 0 Å². The van der Waals surface area contributed by atoms with Crippen LogP contribution in [-0.2, 0) is 0 Å². The number of pyridine rings is 1. The standard InChI is InChI=1S/C11H10BrN5O/c1-6-2-7(12)3-15-10(6)17-11(18)8-4-14-5-9(13)16-8/h2-5H,1H3,(H2,13,16)(H,15,17,18). The second-order valence-electron chi connectivity index (χ2n) is 3.60. The van der Waals surface area contributed by atoms with Gasteiger partial charge in [0.1, 0.15) is 17.3 Å². The Hall–Kier alpha value is -2.02. The number of halogens is 1. The first kappa shape index (κ1) is 12.4. The number of nitrogens with zero attached hydrogens (tertiary/aromatic N) is 3. The quantitative estimate of drug-likeness (QED) is 0.882. The van der Waals surface area contributed by atoms with E-state index >= 15 is 0 Å². The van der Waals surface area contributed by atoms with Crippen molar-refractivity contribution in [1.82, 2.24) is 15.0 Å². The van der Waals surface area contributed by atoms with Crippen molar-refractivity contribution in [1.29, 1.82) is 0 Å². The molecule has 0 saturated carbocycles. The summed E-state index contributed by atoms with van der Waals surface area (Å²) in [5.74, 6) is 0.281. The second kappa shape index (κ2) is 5.09. The van der Waals surface area contributed by atoms with Crippen molar-refractivity contribution >= 4 is 33.5 Å². The van der Waals surface area contributed by atoms with Gasteiger partial charge in [-0.1, -0.05) is 0 Å². The highest BCUT2D eigenvalue weighted by molar-refractivity contribution is 9.10. The maximum atomic E-state index is 11.9. The number of carbonyl (C=O) groups is 1. The number of hydrogen-bond acceptors (Lipinski definition) is 5. The number of nitrogens with two attached hydrogens (primary N) is 1. The summed E-state index contributed by atoms with van der Waals surface area (Å²) in [4.78, 5) is 23.7. The molecule has 0 radical (unpaired) electrons. The van der Waals surface area contributed by atoms with Crippen molar-refractivity contribution < 1.29 is 4.79 Å². The van der Waals surface area contributed by atoms with Crippen LogP contribution in [0.4, 0.5) is 11.6 Å². The molecule has 0 saturated heterocycles. The fourth-order valence-corrected chi connectivity index (χ4v) is 1.78. The number of nitrogen functional groups attached to an aromatic ring is 1. The van der Waals surface area contributed by atoms with Gasteiger partial charge in [-0.25, -0.2) is 9.97 Å². The van der Waals surface area contributed by atoms with Crippen LogP contribution in [0, 0.1) is 6.92 Å². The number of nitrogens with one attached hydrogen (secondary N) is 1. The second-order valence-corrected chi connectivity index (χ2v) is 4.52. The zero-order valence-electron chi connectivity index (χ0n) is 9.51. The Morgan fingerprint density at radius 3 is 2.83 bits per heavy atom. The molecule has 0 atom stereocenters. The minimum atomic E-state index is -0.396. The molecule has 0 bridgehead atoms. The minimum absolute atomic E-state index is 0.152. The molecule has 6 nitrogen and oxygen atoms in total. The molecule has 0 fully saturated rings. The third kappa shape index (κ3) is 2.80. The van der Waals surface area contributed by atoms with Crippen LogP contribution in [0.1, 0.15) is 16.1 Å². The van der Waals surface area contributed by atoms with E-state index in [0.29, 0.717) is 5.82 Å². The van der Waals surface area contributed by atoms with E-state index in [1.54, 1.807) is 6.20 Å². The molecule has 2 aromatic rings. The highest BCUT2D eigenvalue weighted by Crippen LogP contribution is 2.17. The number of aryl methyl sites for hydroxylation is 1. The van der Waals surface area contributed by atoms with Crippen LogP contribution in [0.5, 0.6) is 0 Å². The number of rotatable bonds is 2.